The molecule has 0 unspecified atom stereocenters. The standard InChI is InChI=1S/C12H23N3O2/c1-3-17-10(16)9(12(2)6-7-12)5-4-8-15-11(13)14/h9H,3-8H2,1-2H3,(H4,13,14,15)/t9-/m0/s1. The molecule has 1 saturated carbocycles. The lowest BCUT2D eigenvalue weighted by atomic mass is 9.87. The van der Waals surface area contributed by atoms with Gasteiger partial charge in [0.1, 0.15) is 0 Å². The van der Waals surface area contributed by atoms with Crippen molar-refractivity contribution in [3.05, 3.63) is 0 Å². The van der Waals surface area contributed by atoms with Crippen LogP contribution in [0, 0.1) is 11.3 Å². The van der Waals surface area contributed by atoms with Gasteiger partial charge in [-0.05, 0) is 38.0 Å². The molecule has 0 saturated heterocycles. The first-order chi connectivity index (χ1) is 7.99. The molecule has 0 aliphatic heterocycles. The number of aliphatic imine (C=N–C) groups is 1. The summed E-state index contributed by atoms with van der Waals surface area (Å²) in [5.41, 5.74) is 10.6. The average molecular weight is 241 g/mol. The molecule has 1 atom stereocenters. The van der Waals surface area contributed by atoms with Gasteiger partial charge in [0.15, 0.2) is 5.96 Å². The van der Waals surface area contributed by atoms with Crippen molar-refractivity contribution in [2.24, 2.45) is 27.8 Å². The predicted octanol–water partition coefficient (Wildman–Crippen LogP) is 1.02. The topological polar surface area (TPSA) is 90.7 Å². The van der Waals surface area contributed by atoms with Gasteiger partial charge in [-0.15, -0.1) is 0 Å². The fourth-order valence-corrected chi connectivity index (χ4v) is 2.04. The van der Waals surface area contributed by atoms with E-state index in [0.717, 1.165) is 25.7 Å². The van der Waals surface area contributed by atoms with Crippen LogP contribution < -0.4 is 11.5 Å². The summed E-state index contributed by atoms with van der Waals surface area (Å²) in [5.74, 6) is 0.0316. The van der Waals surface area contributed by atoms with Crippen molar-refractivity contribution in [1.29, 1.82) is 0 Å². The van der Waals surface area contributed by atoms with Gasteiger partial charge in [0, 0.05) is 6.54 Å². The predicted molar refractivity (Wildman–Crippen MR) is 67.4 cm³/mol. The van der Waals surface area contributed by atoms with Crippen LogP contribution in [0.25, 0.3) is 0 Å². The molecule has 1 fully saturated rings. The third-order valence-electron chi connectivity index (χ3n) is 3.40. The first kappa shape index (κ1) is 13.8. The minimum Gasteiger partial charge on any atom is -0.466 e. The Hall–Kier alpha value is -1.26. The zero-order valence-electron chi connectivity index (χ0n) is 10.7. The van der Waals surface area contributed by atoms with E-state index in [1.165, 1.54) is 0 Å². The summed E-state index contributed by atoms with van der Waals surface area (Å²) in [6.45, 7) is 5.01. The highest BCUT2D eigenvalue weighted by Crippen LogP contribution is 2.53. The number of ether oxygens (including phenoxy) is 1. The van der Waals surface area contributed by atoms with Gasteiger partial charge in [-0.1, -0.05) is 6.92 Å². The van der Waals surface area contributed by atoms with Crippen LogP contribution in [0.5, 0.6) is 0 Å². The normalized spacial score (nSPS) is 18.2. The lowest BCUT2D eigenvalue weighted by Crippen LogP contribution is -2.26. The second kappa shape index (κ2) is 5.89. The number of carbonyl (C=O) groups is 1. The lowest BCUT2D eigenvalue weighted by Gasteiger charge is -2.21. The van der Waals surface area contributed by atoms with Gasteiger partial charge in [0.05, 0.1) is 12.5 Å². The number of hydrogen-bond acceptors (Lipinski definition) is 3. The first-order valence-electron chi connectivity index (χ1n) is 6.21. The maximum absolute atomic E-state index is 11.9. The van der Waals surface area contributed by atoms with Crippen LogP contribution in [-0.4, -0.2) is 25.1 Å². The first-order valence-corrected chi connectivity index (χ1v) is 6.21. The zero-order valence-corrected chi connectivity index (χ0v) is 10.7. The minimum absolute atomic E-state index is 0.00310. The second-order valence-electron chi connectivity index (χ2n) is 4.91. The van der Waals surface area contributed by atoms with Crippen LogP contribution in [0.1, 0.15) is 39.5 Å². The molecule has 0 aromatic rings. The number of rotatable bonds is 7. The number of hydrogen-bond donors (Lipinski definition) is 2. The Kier molecular flexibility index (Phi) is 4.78. The molecule has 0 spiro atoms. The largest absolute Gasteiger partial charge is 0.466 e. The summed E-state index contributed by atoms with van der Waals surface area (Å²) in [4.78, 5) is 15.8. The van der Waals surface area contributed by atoms with Crippen LogP contribution in [0.3, 0.4) is 0 Å². The molecule has 0 aromatic heterocycles. The number of guanidine groups is 1. The van der Waals surface area contributed by atoms with E-state index in [-0.39, 0.29) is 23.3 Å². The van der Waals surface area contributed by atoms with Gasteiger partial charge < -0.3 is 16.2 Å². The highest BCUT2D eigenvalue weighted by molar-refractivity contribution is 5.75. The Morgan fingerprint density at radius 2 is 2.12 bits per heavy atom. The highest BCUT2D eigenvalue weighted by atomic mass is 16.5. The zero-order chi connectivity index (χ0) is 12.9. The molecule has 5 heteroatoms. The van der Waals surface area contributed by atoms with Crippen molar-refractivity contribution in [2.75, 3.05) is 13.2 Å². The summed E-state index contributed by atoms with van der Waals surface area (Å²) in [6.07, 6.45) is 3.83. The molecule has 0 aromatic carbocycles. The van der Waals surface area contributed by atoms with Crippen molar-refractivity contribution < 1.29 is 9.53 Å². The maximum atomic E-state index is 11.9. The molecule has 1 aliphatic rings. The van der Waals surface area contributed by atoms with E-state index in [4.69, 9.17) is 16.2 Å². The van der Waals surface area contributed by atoms with E-state index in [1.807, 2.05) is 6.92 Å². The van der Waals surface area contributed by atoms with E-state index in [2.05, 4.69) is 11.9 Å². The third kappa shape index (κ3) is 4.24. The van der Waals surface area contributed by atoms with Gasteiger partial charge in [0.2, 0.25) is 0 Å². The Labute approximate surface area is 103 Å². The molecule has 0 bridgehead atoms. The van der Waals surface area contributed by atoms with Crippen LogP contribution in [0.2, 0.25) is 0 Å². The minimum atomic E-state index is -0.0720. The Morgan fingerprint density at radius 1 is 1.47 bits per heavy atom. The van der Waals surface area contributed by atoms with Crippen LogP contribution in [0.4, 0.5) is 0 Å². The molecular formula is C12H23N3O2. The van der Waals surface area contributed by atoms with E-state index in [9.17, 15) is 4.79 Å². The summed E-state index contributed by atoms with van der Waals surface area (Å²) < 4.78 is 5.12. The molecule has 0 amide bonds. The van der Waals surface area contributed by atoms with Gasteiger partial charge in [-0.2, -0.15) is 0 Å². The van der Waals surface area contributed by atoms with Gasteiger partial charge in [-0.3, -0.25) is 9.79 Å². The van der Waals surface area contributed by atoms with Crippen molar-refractivity contribution >= 4 is 11.9 Å². The van der Waals surface area contributed by atoms with Gasteiger partial charge in [-0.25, -0.2) is 0 Å². The highest BCUT2D eigenvalue weighted by Gasteiger charge is 2.48. The van der Waals surface area contributed by atoms with Crippen molar-refractivity contribution in [3.63, 3.8) is 0 Å². The number of nitrogens with zero attached hydrogens (tertiary/aromatic N) is 1. The van der Waals surface area contributed by atoms with Crippen LogP contribution in [0.15, 0.2) is 4.99 Å². The van der Waals surface area contributed by atoms with Crippen LogP contribution >= 0.6 is 0 Å². The SMILES string of the molecule is CCOC(=O)[C@H](CCCN=C(N)N)C1(C)CC1. The van der Waals surface area contributed by atoms with Crippen molar-refractivity contribution in [1.82, 2.24) is 0 Å². The van der Waals surface area contributed by atoms with E-state index >= 15 is 0 Å². The van der Waals surface area contributed by atoms with Gasteiger partial charge in [0.25, 0.3) is 0 Å². The summed E-state index contributed by atoms with van der Waals surface area (Å²) in [5, 5.41) is 0. The summed E-state index contributed by atoms with van der Waals surface area (Å²) in [7, 11) is 0. The molecule has 0 heterocycles. The summed E-state index contributed by atoms with van der Waals surface area (Å²) in [6, 6.07) is 0. The molecular weight excluding hydrogens is 218 g/mol. The Morgan fingerprint density at radius 3 is 2.59 bits per heavy atom. The van der Waals surface area contributed by atoms with Crippen molar-refractivity contribution in [3.8, 4) is 0 Å². The second-order valence-corrected chi connectivity index (χ2v) is 4.91. The summed E-state index contributed by atoms with van der Waals surface area (Å²) >= 11 is 0. The smallest absolute Gasteiger partial charge is 0.309 e. The maximum Gasteiger partial charge on any atom is 0.309 e. The molecule has 0 radical (unpaired) electrons. The van der Waals surface area contributed by atoms with Crippen molar-refractivity contribution in [2.45, 2.75) is 39.5 Å². The molecule has 1 rings (SSSR count). The Bertz CT molecular complexity index is 294. The van der Waals surface area contributed by atoms with E-state index in [1.54, 1.807) is 0 Å². The molecule has 17 heavy (non-hydrogen) atoms. The van der Waals surface area contributed by atoms with Gasteiger partial charge >= 0.3 is 5.97 Å². The third-order valence-corrected chi connectivity index (χ3v) is 3.40. The fraction of sp³-hybridized carbons (Fsp3) is 0.833. The fourth-order valence-electron chi connectivity index (χ4n) is 2.04. The number of carbonyl (C=O) groups excluding carboxylic acids is 1. The number of nitrogens with two attached hydrogens (primary N) is 2. The molecule has 4 N–H and O–H groups in total. The van der Waals surface area contributed by atoms with E-state index < -0.39 is 0 Å². The number of esters is 1. The lowest BCUT2D eigenvalue weighted by molar-refractivity contribution is -0.150. The van der Waals surface area contributed by atoms with Crippen LogP contribution in [-0.2, 0) is 9.53 Å². The monoisotopic (exact) mass is 241 g/mol. The quantitative estimate of drug-likeness (QED) is 0.301. The Balaban J connectivity index is 2.42. The molecule has 1 aliphatic carbocycles. The van der Waals surface area contributed by atoms with E-state index in [0.29, 0.717) is 13.2 Å². The average Bonchev–Trinajstić information content (AvgIpc) is 2.96. The molecule has 5 nitrogen and oxygen atoms in total. The molecule has 98 valence electrons.